The first-order chi connectivity index (χ1) is 13.7. The van der Waals surface area contributed by atoms with E-state index in [9.17, 15) is 9.18 Å². The first-order valence-corrected chi connectivity index (χ1v) is 9.87. The van der Waals surface area contributed by atoms with E-state index in [-0.39, 0.29) is 11.8 Å². The predicted octanol–water partition coefficient (Wildman–Crippen LogP) is 5.11. The van der Waals surface area contributed by atoms with Crippen LogP contribution in [0.2, 0.25) is 0 Å². The summed E-state index contributed by atoms with van der Waals surface area (Å²) in [5, 5.41) is 3.56. The Morgan fingerprint density at radius 2 is 1.89 bits per heavy atom. The van der Waals surface area contributed by atoms with Crippen molar-refractivity contribution in [1.29, 1.82) is 0 Å². The largest absolute Gasteiger partial charge is 0.357 e. The molecular formula is C23H24FN3O. The van der Waals surface area contributed by atoms with Crippen LogP contribution < -0.4 is 10.2 Å². The zero-order chi connectivity index (χ0) is 19.5. The van der Waals surface area contributed by atoms with Crippen molar-refractivity contribution in [3.8, 4) is 0 Å². The molecule has 1 saturated heterocycles. The summed E-state index contributed by atoms with van der Waals surface area (Å²) in [6.07, 6.45) is 2.97. The zero-order valence-electron chi connectivity index (χ0n) is 16.0. The Hall–Kier alpha value is -2.95. The fourth-order valence-corrected chi connectivity index (χ4v) is 3.86. The van der Waals surface area contributed by atoms with E-state index < -0.39 is 5.82 Å². The van der Waals surface area contributed by atoms with Crippen molar-refractivity contribution in [2.75, 3.05) is 23.3 Å². The molecule has 1 atom stereocenters. The standard InChI is InChI=1S/C23H24FN3O/c1-2-19(16-8-4-3-5-9-16)23(28)25-18-14-17-10-11-21(27-12-6-7-13-27)26-22(17)20(24)15-18/h3-5,8-11,14-15,19H,2,6-7,12-13H2,1H3,(H,25,28). The number of nitrogens with one attached hydrogen (secondary N) is 1. The Bertz CT molecular complexity index is 984. The van der Waals surface area contributed by atoms with E-state index in [2.05, 4.69) is 15.2 Å². The van der Waals surface area contributed by atoms with E-state index in [1.54, 1.807) is 6.07 Å². The summed E-state index contributed by atoms with van der Waals surface area (Å²) in [6.45, 7) is 3.90. The van der Waals surface area contributed by atoms with Crippen LogP contribution in [0.15, 0.2) is 54.6 Å². The number of hydrogen-bond acceptors (Lipinski definition) is 3. The number of nitrogens with zero attached hydrogens (tertiary/aromatic N) is 2. The second-order valence-electron chi connectivity index (χ2n) is 7.25. The molecule has 1 fully saturated rings. The highest BCUT2D eigenvalue weighted by Gasteiger charge is 2.20. The van der Waals surface area contributed by atoms with Crippen LogP contribution in [0.1, 0.15) is 37.7 Å². The van der Waals surface area contributed by atoms with Gasteiger partial charge in [0.15, 0.2) is 5.82 Å². The molecule has 1 N–H and O–H groups in total. The Balaban J connectivity index is 1.58. The molecule has 0 radical (unpaired) electrons. The molecule has 0 bridgehead atoms. The number of aromatic nitrogens is 1. The Morgan fingerprint density at radius 3 is 2.61 bits per heavy atom. The van der Waals surface area contributed by atoms with Crippen molar-refractivity contribution < 1.29 is 9.18 Å². The first-order valence-electron chi connectivity index (χ1n) is 9.87. The van der Waals surface area contributed by atoms with Gasteiger partial charge in [-0.05, 0) is 49.1 Å². The number of carbonyl (C=O) groups excluding carboxylic acids is 1. The molecule has 2 heterocycles. The quantitative estimate of drug-likeness (QED) is 0.672. The number of hydrogen-bond donors (Lipinski definition) is 1. The molecule has 5 heteroatoms. The molecule has 1 aliphatic heterocycles. The van der Waals surface area contributed by atoms with E-state index in [4.69, 9.17) is 0 Å². The maximum absolute atomic E-state index is 14.7. The number of pyridine rings is 1. The summed E-state index contributed by atoms with van der Waals surface area (Å²) in [6, 6.07) is 16.6. The van der Waals surface area contributed by atoms with Crippen LogP contribution in [-0.4, -0.2) is 24.0 Å². The van der Waals surface area contributed by atoms with Crippen molar-refractivity contribution in [2.45, 2.75) is 32.1 Å². The number of benzene rings is 2. The lowest BCUT2D eigenvalue weighted by Crippen LogP contribution is -2.21. The second-order valence-corrected chi connectivity index (χ2v) is 7.25. The molecule has 1 amide bonds. The number of fused-ring (bicyclic) bond motifs is 1. The fraction of sp³-hybridized carbons (Fsp3) is 0.304. The molecule has 4 rings (SSSR count). The van der Waals surface area contributed by atoms with Gasteiger partial charge < -0.3 is 10.2 Å². The zero-order valence-corrected chi connectivity index (χ0v) is 16.0. The highest BCUT2D eigenvalue weighted by molar-refractivity contribution is 5.97. The maximum Gasteiger partial charge on any atom is 0.231 e. The maximum atomic E-state index is 14.7. The van der Waals surface area contributed by atoms with Crippen LogP contribution in [0, 0.1) is 5.82 Å². The van der Waals surface area contributed by atoms with Gasteiger partial charge >= 0.3 is 0 Å². The third-order valence-corrected chi connectivity index (χ3v) is 5.36. The van der Waals surface area contributed by atoms with Gasteiger partial charge in [0.25, 0.3) is 0 Å². The van der Waals surface area contributed by atoms with E-state index >= 15 is 0 Å². The summed E-state index contributed by atoms with van der Waals surface area (Å²) in [5.74, 6) is 0.00198. The normalized spacial score (nSPS) is 15.0. The molecule has 1 aliphatic rings. The third kappa shape index (κ3) is 3.70. The molecule has 144 valence electrons. The summed E-state index contributed by atoms with van der Waals surface area (Å²) in [4.78, 5) is 19.5. The molecule has 0 saturated carbocycles. The highest BCUT2D eigenvalue weighted by atomic mass is 19.1. The molecule has 1 aromatic heterocycles. The average Bonchev–Trinajstić information content (AvgIpc) is 3.24. The van der Waals surface area contributed by atoms with Crippen LogP contribution >= 0.6 is 0 Å². The molecule has 0 aliphatic carbocycles. The van der Waals surface area contributed by atoms with Gasteiger partial charge in [0.2, 0.25) is 5.91 Å². The Labute approximate surface area is 164 Å². The fourth-order valence-electron chi connectivity index (χ4n) is 3.86. The van der Waals surface area contributed by atoms with Crippen molar-refractivity contribution in [1.82, 2.24) is 4.98 Å². The van der Waals surface area contributed by atoms with E-state index in [1.165, 1.54) is 6.07 Å². The number of halogens is 1. The first kappa shape index (κ1) is 18.4. The van der Waals surface area contributed by atoms with Gasteiger partial charge in [0.1, 0.15) is 11.3 Å². The SMILES string of the molecule is CCC(C(=O)Nc1cc(F)c2nc(N3CCCC3)ccc2c1)c1ccccc1. The van der Waals surface area contributed by atoms with Gasteiger partial charge in [-0.3, -0.25) is 4.79 Å². The van der Waals surface area contributed by atoms with Crippen LogP contribution in [0.4, 0.5) is 15.9 Å². The van der Waals surface area contributed by atoms with Gasteiger partial charge in [0.05, 0.1) is 5.92 Å². The molecular weight excluding hydrogens is 353 g/mol. The summed E-state index contributed by atoms with van der Waals surface area (Å²) in [7, 11) is 0. The van der Waals surface area contributed by atoms with Crippen LogP contribution in [0.5, 0.6) is 0 Å². The van der Waals surface area contributed by atoms with E-state index in [0.29, 0.717) is 23.0 Å². The van der Waals surface area contributed by atoms with Crippen molar-refractivity contribution in [3.63, 3.8) is 0 Å². The summed E-state index contributed by atoms with van der Waals surface area (Å²) >= 11 is 0. The molecule has 4 nitrogen and oxygen atoms in total. The van der Waals surface area contributed by atoms with Crippen LogP contribution in [-0.2, 0) is 4.79 Å². The number of amides is 1. The van der Waals surface area contributed by atoms with Crippen LogP contribution in [0.25, 0.3) is 10.9 Å². The average molecular weight is 377 g/mol. The summed E-state index contributed by atoms with van der Waals surface area (Å²) in [5.41, 5.74) is 1.76. The van der Waals surface area contributed by atoms with Crippen LogP contribution in [0.3, 0.4) is 0 Å². The minimum atomic E-state index is -0.415. The van der Waals surface area contributed by atoms with Gasteiger partial charge in [-0.25, -0.2) is 9.37 Å². The minimum Gasteiger partial charge on any atom is -0.357 e. The second kappa shape index (κ2) is 7.97. The monoisotopic (exact) mass is 377 g/mol. The van der Waals surface area contributed by atoms with Gasteiger partial charge in [0, 0.05) is 24.2 Å². The lowest BCUT2D eigenvalue weighted by Gasteiger charge is -2.18. The van der Waals surface area contributed by atoms with Crippen molar-refractivity contribution >= 4 is 28.3 Å². The molecule has 2 aromatic carbocycles. The number of rotatable bonds is 5. The summed E-state index contributed by atoms with van der Waals surface area (Å²) < 4.78 is 14.7. The predicted molar refractivity (Wildman–Crippen MR) is 111 cm³/mol. The minimum absolute atomic E-state index is 0.130. The lowest BCUT2D eigenvalue weighted by molar-refractivity contribution is -0.117. The van der Waals surface area contributed by atoms with Gasteiger partial charge in [-0.2, -0.15) is 0 Å². The molecule has 28 heavy (non-hydrogen) atoms. The third-order valence-electron chi connectivity index (χ3n) is 5.36. The molecule has 3 aromatic rings. The lowest BCUT2D eigenvalue weighted by atomic mass is 9.95. The van der Waals surface area contributed by atoms with E-state index in [0.717, 1.165) is 37.3 Å². The Kier molecular flexibility index (Phi) is 5.24. The highest BCUT2D eigenvalue weighted by Crippen LogP contribution is 2.27. The number of carbonyl (C=O) groups is 1. The van der Waals surface area contributed by atoms with Gasteiger partial charge in [-0.1, -0.05) is 37.3 Å². The van der Waals surface area contributed by atoms with E-state index in [1.807, 2.05) is 49.4 Å². The molecule has 0 spiro atoms. The topological polar surface area (TPSA) is 45.2 Å². The van der Waals surface area contributed by atoms with Gasteiger partial charge in [-0.15, -0.1) is 0 Å². The van der Waals surface area contributed by atoms with Crippen molar-refractivity contribution in [3.05, 3.63) is 66.0 Å². The molecule has 1 unspecified atom stereocenters. The smallest absolute Gasteiger partial charge is 0.231 e. The Morgan fingerprint density at radius 1 is 1.14 bits per heavy atom. The van der Waals surface area contributed by atoms with Crippen molar-refractivity contribution in [2.24, 2.45) is 0 Å². The number of anilines is 2.